The molecule has 0 aliphatic heterocycles. The molecule has 3 aromatic rings. The van der Waals surface area contributed by atoms with Crippen molar-refractivity contribution in [3.05, 3.63) is 64.0 Å². The number of ether oxygens (including phenoxy) is 1. The number of aryl methyl sites for hydroxylation is 1. The number of fused-ring (bicyclic) bond motifs is 1. The van der Waals surface area contributed by atoms with Crippen molar-refractivity contribution in [2.24, 2.45) is 4.99 Å². The topological polar surface area (TPSA) is 60.7 Å². The predicted molar refractivity (Wildman–Crippen MR) is 115 cm³/mol. The van der Waals surface area contributed by atoms with Crippen LogP contribution in [0.2, 0.25) is 0 Å². The Bertz CT molecular complexity index is 1180. The summed E-state index contributed by atoms with van der Waals surface area (Å²) in [5.74, 6) is -0.468. The lowest BCUT2D eigenvalue weighted by Crippen LogP contribution is -2.18. The first kappa shape index (κ1) is 23.1. The van der Waals surface area contributed by atoms with Crippen LogP contribution in [0.5, 0.6) is 0 Å². The highest BCUT2D eigenvalue weighted by Gasteiger charge is 2.30. The highest BCUT2D eigenvalue weighted by Crippen LogP contribution is 2.29. The predicted octanol–water partition coefficient (Wildman–Crippen LogP) is 5.00. The summed E-state index contributed by atoms with van der Waals surface area (Å²) in [5, 5.41) is 0. The molecule has 5 nitrogen and oxygen atoms in total. The number of halogens is 3. The minimum absolute atomic E-state index is 0.143. The monoisotopic (exact) mass is 468 g/mol. The van der Waals surface area contributed by atoms with Gasteiger partial charge in [0.1, 0.15) is 0 Å². The number of thioether (sulfide) groups is 1. The van der Waals surface area contributed by atoms with Gasteiger partial charge >= 0.3 is 12.1 Å². The van der Waals surface area contributed by atoms with E-state index in [9.17, 15) is 22.8 Å². The van der Waals surface area contributed by atoms with Crippen molar-refractivity contribution in [1.82, 2.24) is 4.57 Å². The molecule has 0 radical (unpaired) electrons. The van der Waals surface area contributed by atoms with Gasteiger partial charge in [0, 0.05) is 17.9 Å². The zero-order chi connectivity index (χ0) is 22.6. The molecule has 10 heteroatoms. The number of benzene rings is 2. The van der Waals surface area contributed by atoms with E-state index in [2.05, 4.69) is 4.99 Å². The van der Waals surface area contributed by atoms with Crippen molar-refractivity contribution in [2.45, 2.75) is 19.6 Å². The molecule has 3 rings (SSSR count). The van der Waals surface area contributed by atoms with Crippen molar-refractivity contribution >= 4 is 45.2 Å². The molecule has 0 unspecified atom stereocenters. The van der Waals surface area contributed by atoms with E-state index < -0.39 is 23.6 Å². The second-order valence-corrected chi connectivity index (χ2v) is 8.42. The maximum atomic E-state index is 13.0. The highest BCUT2D eigenvalue weighted by molar-refractivity contribution is 7.98. The molecule has 0 aliphatic carbocycles. The quantitative estimate of drug-likeness (QED) is 0.478. The number of rotatable bonds is 6. The van der Waals surface area contributed by atoms with E-state index in [4.69, 9.17) is 4.74 Å². The number of aromatic nitrogens is 1. The molecule has 0 spiro atoms. The Balaban J connectivity index is 2.07. The lowest BCUT2D eigenvalue weighted by molar-refractivity contribution is -0.137. The van der Waals surface area contributed by atoms with Crippen molar-refractivity contribution in [2.75, 3.05) is 18.6 Å². The first-order valence-electron chi connectivity index (χ1n) is 9.30. The zero-order valence-electron chi connectivity index (χ0n) is 16.7. The smallest absolute Gasteiger partial charge is 0.416 e. The van der Waals surface area contributed by atoms with Crippen molar-refractivity contribution in [3.8, 4) is 0 Å². The Morgan fingerprint density at radius 3 is 2.61 bits per heavy atom. The molecule has 0 saturated carbocycles. The van der Waals surface area contributed by atoms with Crippen LogP contribution >= 0.6 is 23.1 Å². The van der Waals surface area contributed by atoms with Gasteiger partial charge in [0.2, 0.25) is 0 Å². The van der Waals surface area contributed by atoms with Crippen LogP contribution in [0.3, 0.4) is 0 Å². The molecule has 0 bridgehead atoms. The SMILES string of the molecule is CCOC(=O)c1ccc2c(c1)sc(=NC(=O)c1cccc(C(F)(F)F)c1)n2CCSC. The number of alkyl halides is 3. The van der Waals surface area contributed by atoms with E-state index in [0.717, 1.165) is 28.1 Å². The van der Waals surface area contributed by atoms with Gasteiger partial charge in [0.15, 0.2) is 4.80 Å². The first-order chi connectivity index (χ1) is 14.7. The van der Waals surface area contributed by atoms with Crippen LogP contribution in [0.25, 0.3) is 10.2 Å². The molecule has 0 N–H and O–H groups in total. The van der Waals surface area contributed by atoms with Crippen molar-refractivity contribution in [1.29, 1.82) is 0 Å². The summed E-state index contributed by atoms with van der Waals surface area (Å²) in [6, 6.07) is 9.26. The number of hydrogen-bond acceptors (Lipinski definition) is 5. The Morgan fingerprint density at radius 2 is 1.94 bits per heavy atom. The molecular weight excluding hydrogens is 449 g/mol. The number of nitrogens with zero attached hydrogens (tertiary/aromatic N) is 2. The van der Waals surface area contributed by atoms with Gasteiger partial charge in [0.25, 0.3) is 5.91 Å². The summed E-state index contributed by atoms with van der Waals surface area (Å²) < 4.78 is 46.5. The molecule has 0 saturated heterocycles. The minimum atomic E-state index is -4.55. The second kappa shape index (κ2) is 9.69. The molecule has 2 aromatic carbocycles. The average molecular weight is 469 g/mol. The molecule has 0 atom stereocenters. The van der Waals surface area contributed by atoms with E-state index >= 15 is 0 Å². The van der Waals surface area contributed by atoms with Crippen LogP contribution < -0.4 is 4.80 Å². The average Bonchev–Trinajstić information content (AvgIpc) is 3.07. The van der Waals surface area contributed by atoms with Gasteiger partial charge in [-0.25, -0.2) is 4.79 Å². The maximum Gasteiger partial charge on any atom is 0.416 e. The van der Waals surface area contributed by atoms with E-state index in [1.54, 1.807) is 36.9 Å². The summed E-state index contributed by atoms with van der Waals surface area (Å²) >= 11 is 2.80. The first-order valence-corrected chi connectivity index (χ1v) is 11.5. The maximum absolute atomic E-state index is 13.0. The summed E-state index contributed by atoms with van der Waals surface area (Å²) in [4.78, 5) is 29.1. The Labute approximate surface area is 184 Å². The summed E-state index contributed by atoms with van der Waals surface area (Å²) in [5.41, 5.74) is 0.112. The van der Waals surface area contributed by atoms with Crippen molar-refractivity contribution in [3.63, 3.8) is 0 Å². The van der Waals surface area contributed by atoms with E-state index in [1.165, 1.54) is 23.5 Å². The van der Waals surface area contributed by atoms with Crippen LogP contribution in [0, 0.1) is 0 Å². The van der Waals surface area contributed by atoms with Crippen LogP contribution in [-0.4, -0.2) is 35.1 Å². The lowest BCUT2D eigenvalue weighted by Gasteiger charge is -2.07. The number of amides is 1. The van der Waals surface area contributed by atoms with Crippen LogP contribution in [0.15, 0.2) is 47.5 Å². The number of hydrogen-bond donors (Lipinski definition) is 0. The van der Waals surface area contributed by atoms with Gasteiger partial charge in [-0.15, -0.1) is 0 Å². The van der Waals surface area contributed by atoms with E-state index in [-0.39, 0.29) is 12.2 Å². The van der Waals surface area contributed by atoms with E-state index in [1.807, 2.05) is 10.8 Å². The molecule has 1 heterocycles. The number of esters is 1. The standard InChI is InChI=1S/C21H19F3N2O3S2/c1-3-29-19(28)14-7-8-16-17(12-14)31-20(26(16)9-10-30-2)25-18(27)13-5-4-6-15(11-13)21(22,23)24/h4-8,11-12H,3,9-10H2,1-2H3. The van der Waals surface area contributed by atoms with Crippen molar-refractivity contribution < 1.29 is 27.5 Å². The Morgan fingerprint density at radius 1 is 1.16 bits per heavy atom. The molecular formula is C21H19F3N2O3S2. The van der Waals surface area contributed by atoms with Crippen LogP contribution in [0.4, 0.5) is 13.2 Å². The zero-order valence-corrected chi connectivity index (χ0v) is 18.4. The second-order valence-electron chi connectivity index (χ2n) is 6.43. The third-order valence-electron chi connectivity index (χ3n) is 4.35. The van der Waals surface area contributed by atoms with Gasteiger partial charge in [-0.05, 0) is 49.6 Å². The molecule has 1 amide bonds. The molecule has 1 aromatic heterocycles. The normalized spacial score (nSPS) is 12.4. The largest absolute Gasteiger partial charge is 0.462 e. The van der Waals surface area contributed by atoms with Crippen LogP contribution in [-0.2, 0) is 17.5 Å². The fourth-order valence-corrected chi connectivity index (χ4v) is 4.34. The van der Waals surface area contributed by atoms with Crippen LogP contribution in [0.1, 0.15) is 33.2 Å². The van der Waals surface area contributed by atoms with Gasteiger partial charge < -0.3 is 9.30 Å². The van der Waals surface area contributed by atoms with Gasteiger partial charge in [-0.1, -0.05) is 17.4 Å². The number of carbonyl (C=O) groups excluding carboxylic acids is 2. The molecule has 0 fully saturated rings. The van der Waals surface area contributed by atoms with E-state index in [0.29, 0.717) is 16.9 Å². The fourth-order valence-electron chi connectivity index (χ4n) is 2.88. The Kier molecular flexibility index (Phi) is 7.22. The fraction of sp³-hybridized carbons (Fsp3) is 0.286. The Hall–Kier alpha value is -2.59. The molecule has 31 heavy (non-hydrogen) atoms. The molecule has 0 aliphatic rings. The van der Waals surface area contributed by atoms with Gasteiger partial charge in [0.05, 0.1) is 28.0 Å². The summed E-state index contributed by atoms with van der Waals surface area (Å²) in [7, 11) is 0. The third-order valence-corrected chi connectivity index (χ3v) is 5.98. The van der Waals surface area contributed by atoms with Gasteiger partial charge in [-0.2, -0.15) is 29.9 Å². The number of thiazole rings is 1. The summed E-state index contributed by atoms with van der Waals surface area (Å²) in [6.45, 7) is 2.52. The third kappa shape index (κ3) is 5.37. The number of carbonyl (C=O) groups is 2. The summed E-state index contributed by atoms with van der Waals surface area (Å²) in [6.07, 6.45) is -2.60. The lowest BCUT2D eigenvalue weighted by atomic mass is 10.1. The minimum Gasteiger partial charge on any atom is -0.462 e. The molecule has 164 valence electrons. The highest BCUT2D eigenvalue weighted by atomic mass is 32.2. The van der Waals surface area contributed by atoms with Gasteiger partial charge in [-0.3, -0.25) is 4.79 Å².